The first kappa shape index (κ1) is 27.6. The van der Waals surface area contributed by atoms with E-state index < -0.39 is 24.9 Å². The summed E-state index contributed by atoms with van der Waals surface area (Å²) in [4.78, 5) is 12.4. The van der Waals surface area contributed by atoms with Crippen molar-refractivity contribution < 1.29 is 20.1 Å². The molecule has 0 saturated carbocycles. The van der Waals surface area contributed by atoms with Crippen LogP contribution in [0.25, 0.3) is 0 Å². The Bertz CT molecular complexity index is 593. The third kappa shape index (κ3) is 11.7. The first-order valence-electron chi connectivity index (χ1n) is 12.3. The summed E-state index contributed by atoms with van der Waals surface area (Å²) in [7, 11) is 0. The number of carbonyl (C=O) groups excluding carboxylic acids is 1. The second-order valence-corrected chi connectivity index (χ2v) is 8.81. The number of amides is 1. The van der Waals surface area contributed by atoms with E-state index >= 15 is 0 Å². The highest BCUT2D eigenvalue weighted by atomic mass is 16.3. The Labute approximate surface area is 189 Å². The summed E-state index contributed by atoms with van der Waals surface area (Å²) in [5.74, 6) is -0.353. The van der Waals surface area contributed by atoms with Gasteiger partial charge in [-0.2, -0.15) is 0 Å². The number of hydrogen-bond acceptors (Lipinski definition) is 4. The van der Waals surface area contributed by atoms with Crippen LogP contribution in [0.3, 0.4) is 0 Å². The third-order valence-electron chi connectivity index (χ3n) is 6.06. The number of benzene rings is 1. The molecule has 2 unspecified atom stereocenters. The van der Waals surface area contributed by atoms with Gasteiger partial charge in [0.1, 0.15) is 6.10 Å². The van der Waals surface area contributed by atoms with E-state index in [1.165, 1.54) is 57.8 Å². The van der Waals surface area contributed by atoms with Crippen molar-refractivity contribution in [3.05, 3.63) is 35.4 Å². The summed E-state index contributed by atoms with van der Waals surface area (Å²) in [6.45, 7) is 3.66. The van der Waals surface area contributed by atoms with E-state index in [1.54, 1.807) is 12.1 Å². The van der Waals surface area contributed by atoms with Gasteiger partial charge in [-0.15, -0.1) is 0 Å². The summed E-state index contributed by atoms with van der Waals surface area (Å²) < 4.78 is 0. The van der Waals surface area contributed by atoms with Gasteiger partial charge >= 0.3 is 0 Å². The Balaban J connectivity index is 2.17. The number of hydrogen-bond donors (Lipinski definition) is 4. The molecule has 0 saturated heterocycles. The molecular weight excluding hydrogens is 390 g/mol. The summed E-state index contributed by atoms with van der Waals surface area (Å²) in [6.07, 6.45) is 13.2. The Hall–Kier alpha value is -1.43. The second-order valence-electron chi connectivity index (χ2n) is 8.81. The van der Waals surface area contributed by atoms with Crippen LogP contribution < -0.4 is 5.32 Å². The van der Waals surface area contributed by atoms with Gasteiger partial charge in [0.15, 0.2) is 0 Å². The standard InChI is InChI=1S/C26H45NO4/c1-3-4-5-6-7-8-9-10-11-12-13-14-19-24(29)25(30)23(20-28)27-26(31)22-18-16-15-17-21(22)2/h15-18,23-25,28-30H,3-14,19-20H2,1-2H3,(H,27,31)/t23?,24?,25-/m1/s1. The Morgan fingerprint density at radius 1 is 0.871 bits per heavy atom. The van der Waals surface area contributed by atoms with Crippen molar-refractivity contribution in [2.45, 2.75) is 116 Å². The molecule has 1 aromatic rings. The minimum atomic E-state index is -1.19. The second kappa shape index (κ2) is 17.2. The number of unbranched alkanes of at least 4 members (excludes halogenated alkanes) is 11. The van der Waals surface area contributed by atoms with Crippen molar-refractivity contribution in [2.75, 3.05) is 6.61 Å². The maximum atomic E-state index is 12.4. The van der Waals surface area contributed by atoms with Crippen LogP contribution in [0.15, 0.2) is 24.3 Å². The van der Waals surface area contributed by atoms with Crippen LogP contribution in [-0.2, 0) is 0 Å². The monoisotopic (exact) mass is 435 g/mol. The highest BCUT2D eigenvalue weighted by Crippen LogP contribution is 2.15. The van der Waals surface area contributed by atoms with Crippen LogP contribution in [0.1, 0.15) is 106 Å². The Kier molecular flexibility index (Phi) is 15.3. The Morgan fingerprint density at radius 2 is 1.39 bits per heavy atom. The number of aryl methyl sites for hydroxylation is 1. The van der Waals surface area contributed by atoms with Crippen LogP contribution in [0.5, 0.6) is 0 Å². The van der Waals surface area contributed by atoms with Gasteiger partial charge < -0.3 is 20.6 Å². The SMILES string of the molecule is CCCCCCCCCCCCCCC(O)[C@H](O)C(CO)NC(=O)c1ccccc1C. The smallest absolute Gasteiger partial charge is 0.251 e. The molecule has 5 heteroatoms. The summed E-state index contributed by atoms with van der Waals surface area (Å²) in [6, 6.07) is 6.27. The van der Waals surface area contributed by atoms with Crippen LogP contribution in [0, 0.1) is 6.92 Å². The zero-order chi connectivity index (χ0) is 22.9. The normalized spacial score (nSPS) is 14.2. The number of aliphatic hydroxyl groups excluding tert-OH is 3. The van der Waals surface area contributed by atoms with Gasteiger partial charge in [-0.1, -0.05) is 102 Å². The fourth-order valence-electron chi connectivity index (χ4n) is 3.95. The lowest BCUT2D eigenvalue weighted by Crippen LogP contribution is -2.50. The fraction of sp³-hybridized carbons (Fsp3) is 0.731. The number of aliphatic hydroxyl groups is 3. The molecule has 0 aliphatic heterocycles. The van der Waals surface area contributed by atoms with Crippen molar-refractivity contribution in [2.24, 2.45) is 0 Å². The average Bonchev–Trinajstić information content (AvgIpc) is 2.77. The fourth-order valence-corrected chi connectivity index (χ4v) is 3.95. The lowest BCUT2D eigenvalue weighted by Gasteiger charge is -2.26. The van der Waals surface area contributed by atoms with Crippen molar-refractivity contribution >= 4 is 5.91 Å². The zero-order valence-electron chi connectivity index (χ0n) is 19.7. The molecule has 0 aromatic heterocycles. The van der Waals surface area contributed by atoms with Crippen LogP contribution in [0.4, 0.5) is 0 Å². The first-order valence-corrected chi connectivity index (χ1v) is 12.3. The third-order valence-corrected chi connectivity index (χ3v) is 6.06. The molecular formula is C26H45NO4. The quantitative estimate of drug-likeness (QED) is 0.247. The molecule has 0 radical (unpaired) electrons. The van der Waals surface area contributed by atoms with Gasteiger partial charge in [-0.3, -0.25) is 4.79 Å². The highest BCUT2D eigenvalue weighted by Gasteiger charge is 2.27. The van der Waals surface area contributed by atoms with Crippen LogP contribution in [0.2, 0.25) is 0 Å². The maximum absolute atomic E-state index is 12.4. The molecule has 0 bridgehead atoms. The molecule has 0 fully saturated rings. The lowest BCUT2D eigenvalue weighted by atomic mass is 9.99. The van der Waals surface area contributed by atoms with Gasteiger partial charge in [0.05, 0.1) is 18.8 Å². The van der Waals surface area contributed by atoms with E-state index in [9.17, 15) is 20.1 Å². The molecule has 1 aromatic carbocycles. The van der Waals surface area contributed by atoms with Crippen molar-refractivity contribution in [3.8, 4) is 0 Å². The number of rotatable bonds is 18. The molecule has 5 nitrogen and oxygen atoms in total. The van der Waals surface area contributed by atoms with Gasteiger partial charge in [0, 0.05) is 5.56 Å². The van der Waals surface area contributed by atoms with E-state index in [1.807, 2.05) is 19.1 Å². The molecule has 0 heterocycles. The van der Waals surface area contributed by atoms with Crippen LogP contribution in [-0.4, -0.2) is 46.1 Å². The maximum Gasteiger partial charge on any atom is 0.251 e. The van der Waals surface area contributed by atoms with Crippen molar-refractivity contribution in [1.82, 2.24) is 5.32 Å². The molecule has 178 valence electrons. The minimum absolute atomic E-state index is 0.353. The van der Waals surface area contributed by atoms with Crippen LogP contribution >= 0.6 is 0 Å². The first-order chi connectivity index (χ1) is 15.0. The minimum Gasteiger partial charge on any atom is -0.394 e. The van der Waals surface area contributed by atoms with Crippen molar-refractivity contribution in [1.29, 1.82) is 0 Å². The topological polar surface area (TPSA) is 89.8 Å². The highest BCUT2D eigenvalue weighted by molar-refractivity contribution is 5.95. The average molecular weight is 436 g/mol. The predicted octanol–water partition coefficient (Wildman–Crippen LogP) is 4.90. The molecule has 4 N–H and O–H groups in total. The van der Waals surface area contributed by atoms with E-state index in [0.29, 0.717) is 12.0 Å². The molecule has 0 spiro atoms. The lowest BCUT2D eigenvalue weighted by molar-refractivity contribution is -0.0197. The molecule has 0 aliphatic rings. The molecule has 1 rings (SSSR count). The molecule has 1 amide bonds. The zero-order valence-corrected chi connectivity index (χ0v) is 19.7. The van der Waals surface area contributed by atoms with E-state index in [-0.39, 0.29) is 5.91 Å². The van der Waals surface area contributed by atoms with Gasteiger partial charge in [-0.05, 0) is 25.0 Å². The van der Waals surface area contributed by atoms with Gasteiger partial charge in [0.2, 0.25) is 0 Å². The van der Waals surface area contributed by atoms with E-state index in [4.69, 9.17) is 0 Å². The number of nitrogens with one attached hydrogen (secondary N) is 1. The molecule has 0 aliphatic carbocycles. The van der Waals surface area contributed by atoms with Gasteiger partial charge in [-0.25, -0.2) is 0 Å². The molecule has 31 heavy (non-hydrogen) atoms. The molecule has 3 atom stereocenters. The van der Waals surface area contributed by atoms with Crippen molar-refractivity contribution in [3.63, 3.8) is 0 Å². The van der Waals surface area contributed by atoms with Gasteiger partial charge in [0.25, 0.3) is 5.91 Å². The van der Waals surface area contributed by atoms with E-state index in [0.717, 1.165) is 24.8 Å². The van der Waals surface area contributed by atoms with E-state index in [2.05, 4.69) is 12.2 Å². The Morgan fingerprint density at radius 3 is 1.90 bits per heavy atom. The largest absolute Gasteiger partial charge is 0.394 e. The summed E-state index contributed by atoms with van der Waals surface area (Å²) in [5, 5.41) is 33.0. The summed E-state index contributed by atoms with van der Waals surface area (Å²) in [5.41, 5.74) is 1.33. The predicted molar refractivity (Wildman–Crippen MR) is 127 cm³/mol. The summed E-state index contributed by atoms with van der Waals surface area (Å²) >= 11 is 0. The number of carbonyl (C=O) groups is 1.